The molecule has 1 aromatic heterocycles. The van der Waals surface area contributed by atoms with E-state index in [0.717, 1.165) is 5.56 Å². The van der Waals surface area contributed by atoms with E-state index in [1.54, 1.807) is 38.1 Å². The first-order valence-electron chi connectivity index (χ1n) is 9.22. The first-order chi connectivity index (χ1) is 13.7. The third-order valence-corrected chi connectivity index (χ3v) is 5.99. The predicted octanol–water partition coefficient (Wildman–Crippen LogP) is 4.60. The van der Waals surface area contributed by atoms with Gasteiger partial charge in [-0.05, 0) is 49.6 Å². The Morgan fingerprint density at radius 1 is 1.14 bits per heavy atom. The Balaban J connectivity index is 1.78. The van der Waals surface area contributed by atoms with E-state index in [9.17, 15) is 12.8 Å². The smallest absolute Gasteiger partial charge is 0.262 e. The van der Waals surface area contributed by atoms with Crippen LogP contribution in [0.2, 0.25) is 0 Å². The van der Waals surface area contributed by atoms with Gasteiger partial charge in [0, 0.05) is 6.07 Å². The molecule has 0 saturated carbocycles. The molecule has 1 heterocycles. The molecule has 6 nitrogen and oxygen atoms in total. The SMILES string of the molecule is Cc1nn(COc2cccc(F)c2)c(C)c1NS(=O)(=O)c1ccc(C(C)C)cc1. The van der Waals surface area contributed by atoms with E-state index < -0.39 is 15.8 Å². The Bertz CT molecular complexity index is 1110. The van der Waals surface area contributed by atoms with Crippen molar-refractivity contribution in [2.24, 2.45) is 0 Å². The second-order valence-electron chi connectivity index (χ2n) is 7.11. The molecule has 154 valence electrons. The van der Waals surface area contributed by atoms with Crippen molar-refractivity contribution in [2.45, 2.75) is 45.2 Å². The maximum atomic E-state index is 13.3. The summed E-state index contributed by atoms with van der Waals surface area (Å²) in [6.45, 7) is 7.59. The van der Waals surface area contributed by atoms with Gasteiger partial charge in [0.2, 0.25) is 0 Å². The number of nitrogens with one attached hydrogen (secondary N) is 1. The lowest BCUT2D eigenvalue weighted by atomic mass is 10.0. The van der Waals surface area contributed by atoms with Crippen molar-refractivity contribution in [2.75, 3.05) is 4.72 Å². The molecule has 0 aliphatic rings. The van der Waals surface area contributed by atoms with E-state index in [0.29, 0.717) is 28.7 Å². The summed E-state index contributed by atoms with van der Waals surface area (Å²) in [5.41, 5.74) is 2.59. The molecule has 8 heteroatoms. The Kier molecular flexibility index (Phi) is 5.93. The lowest BCUT2D eigenvalue weighted by Gasteiger charge is -2.11. The number of aryl methyl sites for hydroxylation is 1. The van der Waals surface area contributed by atoms with Crippen LogP contribution in [0.1, 0.15) is 36.7 Å². The summed E-state index contributed by atoms with van der Waals surface area (Å²) in [5, 5.41) is 4.33. The van der Waals surface area contributed by atoms with Crippen LogP contribution in [0.5, 0.6) is 5.75 Å². The van der Waals surface area contributed by atoms with E-state index >= 15 is 0 Å². The number of ether oxygens (including phenoxy) is 1. The highest BCUT2D eigenvalue weighted by atomic mass is 32.2. The van der Waals surface area contributed by atoms with Gasteiger partial charge in [0.25, 0.3) is 10.0 Å². The highest BCUT2D eigenvalue weighted by Gasteiger charge is 2.20. The monoisotopic (exact) mass is 417 g/mol. The second kappa shape index (κ2) is 8.24. The van der Waals surface area contributed by atoms with Gasteiger partial charge in [-0.15, -0.1) is 0 Å². The van der Waals surface area contributed by atoms with Crippen LogP contribution in [0.3, 0.4) is 0 Å². The molecular formula is C21H24FN3O3S. The lowest BCUT2D eigenvalue weighted by molar-refractivity contribution is 0.217. The topological polar surface area (TPSA) is 73.2 Å². The number of rotatable bonds is 7. The molecular weight excluding hydrogens is 393 g/mol. The summed E-state index contributed by atoms with van der Waals surface area (Å²) in [5.74, 6) is 0.290. The van der Waals surface area contributed by atoms with Crippen LogP contribution in [0.15, 0.2) is 53.4 Å². The van der Waals surface area contributed by atoms with Gasteiger partial charge in [0.15, 0.2) is 6.73 Å². The zero-order valence-corrected chi connectivity index (χ0v) is 17.6. The molecule has 0 fully saturated rings. The molecule has 0 saturated heterocycles. The van der Waals surface area contributed by atoms with Crippen LogP contribution in [0, 0.1) is 19.7 Å². The van der Waals surface area contributed by atoms with E-state index in [2.05, 4.69) is 23.7 Å². The van der Waals surface area contributed by atoms with Crippen LogP contribution < -0.4 is 9.46 Å². The number of hydrogen-bond acceptors (Lipinski definition) is 4. The van der Waals surface area contributed by atoms with Gasteiger partial charge in [-0.2, -0.15) is 5.10 Å². The maximum Gasteiger partial charge on any atom is 0.262 e. The molecule has 0 spiro atoms. The van der Waals surface area contributed by atoms with Gasteiger partial charge in [-0.3, -0.25) is 4.72 Å². The number of aromatic nitrogens is 2. The largest absolute Gasteiger partial charge is 0.471 e. The predicted molar refractivity (Wildman–Crippen MR) is 110 cm³/mol. The number of nitrogens with zero attached hydrogens (tertiary/aromatic N) is 2. The van der Waals surface area contributed by atoms with Gasteiger partial charge in [0.1, 0.15) is 11.6 Å². The molecule has 0 radical (unpaired) electrons. The van der Waals surface area contributed by atoms with E-state index in [-0.39, 0.29) is 11.6 Å². The van der Waals surface area contributed by atoms with Gasteiger partial charge >= 0.3 is 0 Å². The average molecular weight is 418 g/mol. The zero-order chi connectivity index (χ0) is 21.2. The summed E-state index contributed by atoms with van der Waals surface area (Å²) in [6.07, 6.45) is 0. The Morgan fingerprint density at radius 3 is 2.45 bits per heavy atom. The highest BCUT2D eigenvalue weighted by Crippen LogP contribution is 2.25. The minimum Gasteiger partial charge on any atom is -0.471 e. The molecule has 0 bridgehead atoms. The first kappa shape index (κ1) is 20.9. The number of benzene rings is 2. The third-order valence-electron chi connectivity index (χ3n) is 4.62. The molecule has 3 rings (SSSR count). The minimum absolute atomic E-state index is 0.0287. The van der Waals surface area contributed by atoms with Crippen molar-refractivity contribution in [3.63, 3.8) is 0 Å². The fourth-order valence-corrected chi connectivity index (χ4v) is 4.06. The third kappa shape index (κ3) is 4.76. The Hall–Kier alpha value is -2.87. The minimum atomic E-state index is -3.75. The Morgan fingerprint density at radius 2 is 1.83 bits per heavy atom. The molecule has 29 heavy (non-hydrogen) atoms. The highest BCUT2D eigenvalue weighted by molar-refractivity contribution is 7.92. The molecule has 0 amide bonds. The molecule has 3 aromatic rings. The number of sulfonamides is 1. The van der Waals surface area contributed by atoms with E-state index in [4.69, 9.17) is 4.74 Å². The van der Waals surface area contributed by atoms with Crippen LogP contribution in [0.4, 0.5) is 10.1 Å². The summed E-state index contributed by atoms with van der Waals surface area (Å²) in [7, 11) is -3.75. The van der Waals surface area contributed by atoms with Crippen LogP contribution in [-0.4, -0.2) is 18.2 Å². The summed E-state index contributed by atoms with van der Waals surface area (Å²) in [4.78, 5) is 0.185. The van der Waals surface area contributed by atoms with Gasteiger partial charge < -0.3 is 4.74 Å². The van der Waals surface area contributed by atoms with Crippen LogP contribution in [0.25, 0.3) is 0 Å². The van der Waals surface area contributed by atoms with Crippen molar-refractivity contribution in [1.82, 2.24) is 9.78 Å². The van der Waals surface area contributed by atoms with Crippen molar-refractivity contribution < 1.29 is 17.5 Å². The average Bonchev–Trinajstić information content (AvgIpc) is 2.94. The van der Waals surface area contributed by atoms with E-state index in [1.807, 2.05) is 12.1 Å². The normalized spacial score (nSPS) is 11.7. The zero-order valence-electron chi connectivity index (χ0n) is 16.8. The summed E-state index contributed by atoms with van der Waals surface area (Å²) < 4.78 is 48.6. The molecule has 0 aliphatic heterocycles. The van der Waals surface area contributed by atoms with Crippen molar-refractivity contribution in [3.05, 3.63) is 71.3 Å². The van der Waals surface area contributed by atoms with Crippen molar-refractivity contribution in [1.29, 1.82) is 0 Å². The first-order valence-corrected chi connectivity index (χ1v) is 10.7. The quantitative estimate of drug-likeness (QED) is 0.610. The van der Waals surface area contributed by atoms with E-state index in [1.165, 1.54) is 16.8 Å². The van der Waals surface area contributed by atoms with Crippen LogP contribution in [-0.2, 0) is 16.8 Å². The number of anilines is 1. The molecule has 0 unspecified atom stereocenters. The Labute approximate surface area is 170 Å². The lowest BCUT2D eigenvalue weighted by Crippen LogP contribution is -2.14. The summed E-state index contributed by atoms with van der Waals surface area (Å²) in [6, 6.07) is 12.6. The van der Waals surface area contributed by atoms with Crippen LogP contribution >= 0.6 is 0 Å². The summed E-state index contributed by atoms with van der Waals surface area (Å²) >= 11 is 0. The standard InChI is InChI=1S/C21H24FN3O3S/c1-14(2)17-8-10-20(11-9-17)29(26,27)24-21-15(3)23-25(16(21)4)13-28-19-7-5-6-18(22)12-19/h5-12,14,24H,13H2,1-4H3. The van der Waals surface area contributed by atoms with Gasteiger partial charge in [-0.25, -0.2) is 17.5 Å². The van der Waals surface area contributed by atoms with Crippen molar-refractivity contribution >= 4 is 15.7 Å². The number of hydrogen-bond donors (Lipinski definition) is 1. The fourth-order valence-electron chi connectivity index (χ4n) is 2.89. The van der Waals surface area contributed by atoms with Gasteiger partial charge in [-0.1, -0.05) is 32.0 Å². The van der Waals surface area contributed by atoms with Crippen molar-refractivity contribution in [3.8, 4) is 5.75 Å². The molecule has 0 atom stereocenters. The molecule has 2 aromatic carbocycles. The molecule has 0 aliphatic carbocycles. The second-order valence-corrected chi connectivity index (χ2v) is 8.79. The number of halogens is 1. The van der Waals surface area contributed by atoms with Gasteiger partial charge in [0.05, 0.1) is 22.0 Å². The molecule has 1 N–H and O–H groups in total. The maximum absolute atomic E-state index is 13.3. The fraction of sp³-hybridized carbons (Fsp3) is 0.286.